The third-order valence-electron chi connectivity index (χ3n) is 8.47. The van der Waals surface area contributed by atoms with E-state index < -0.39 is 50.8 Å². The van der Waals surface area contributed by atoms with E-state index in [1.54, 1.807) is 10.9 Å². The van der Waals surface area contributed by atoms with Crippen molar-refractivity contribution in [2.45, 2.75) is 122 Å². The Balaban J connectivity index is 2.17. The van der Waals surface area contributed by atoms with Crippen molar-refractivity contribution in [1.82, 2.24) is 15.0 Å². The van der Waals surface area contributed by atoms with Crippen molar-refractivity contribution in [1.29, 1.82) is 0 Å². The predicted octanol–water partition coefficient (Wildman–Crippen LogP) is 4.44. The SMILES string of the molecule is CCCc1cnnn1C1OC(CO[Si](C)(C)C(C)(C)C)C2(OS(=O)(=O)C=C2N)C1O[Si](C)(C)C(C)(C)C. The Bertz CT molecular complexity index is 1120. The first-order valence-corrected chi connectivity index (χ1v) is 20.3. The fourth-order valence-electron chi connectivity index (χ4n) is 4.10. The number of ether oxygens (including phenoxy) is 1. The third kappa shape index (κ3) is 5.63. The molecule has 1 aromatic rings. The van der Waals surface area contributed by atoms with Crippen LogP contribution >= 0.6 is 0 Å². The molecule has 37 heavy (non-hydrogen) atoms. The highest BCUT2D eigenvalue weighted by atomic mass is 32.2. The second-order valence-corrected chi connectivity index (χ2v) is 24.2. The van der Waals surface area contributed by atoms with Crippen LogP contribution in [0.1, 0.15) is 66.8 Å². The van der Waals surface area contributed by atoms with Crippen LogP contribution < -0.4 is 5.73 Å². The summed E-state index contributed by atoms with van der Waals surface area (Å²) in [5.74, 6) is 0. The second kappa shape index (κ2) is 9.82. The van der Waals surface area contributed by atoms with Crippen molar-refractivity contribution >= 4 is 26.8 Å². The van der Waals surface area contributed by atoms with E-state index in [0.717, 1.165) is 23.9 Å². The van der Waals surface area contributed by atoms with Crippen LogP contribution in [0.25, 0.3) is 0 Å². The highest BCUT2D eigenvalue weighted by Gasteiger charge is 2.67. The number of aryl methyl sites for hydroxylation is 1. The Kier molecular flexibility index (Phi) is 8.08. The van der Waals surface area contributed by atoms with Crippen LogP contribution in [0, 0.1) is 0 Å². The number of rotatable bonds is 8. The minimum absolute atomic E-state index is 0.0553. The minimum atomic E-state index is -4.06. The van der Waals surface area contributed by atoms with Gasteiger partial charge in [-0.25, -0.2) is 8.86 Å². The van der Waals surface area contributed by atoms with Gasteiger partial charge in [0, 0.05) is 0 Å². The molecular formula is C24H46N4O6SSi2. The molecule has 1 fully saturated rings. The lowest BCUT2D eigenvalue weighted by molar-refractivity contribution is -0.0605. The normalized spacial score (nSPS) is 28.7. The summed E-state index contributed by atoms with van der Waals surface area (Å²) in [4.78, 5) is 0. The first-order chi connectivity index (χ1) is 16.7. The van der Waals surface area contributed by atoms with Gasteiger partial charge in [0.15, 0.2) is 28.5 Å². The van der Waals surface area contributed by atoms with Gasteiger partial charge in [-0.15, -0.1) is 5.10 Å². The number of aromatic nitrogens is 3. The molecule has 3 heterocycles. The van der Waals surface area contributed by atoms with E-state index in [4.69, 9.17) is 23.5 Å². The molecular weight excluding hydrogens is 529 g/mol. The lowest BCUT2D eigenvalue weighted by Gasteiger charge is -2.43. The molecule has 212 valence electrons. The Hall–Kier alpha value is -1.10. The summed E-state index contributed by atoms with van der Waals surface area (Å²) in [6.07, 6.45) is 0.784. The van der Waals surface area contributed by atoms with Crippen molar-refractivity contribution in [2.75, 3.05) is 6.61 Å². The highest BCUT2D eigenvalue weighted by Crippen LogP contribution is 2.52. The molecule has 1 aromatic heterocycles. The zero-order valence-corrected chi connectivity index (χ0v) is 27.1. The molecule has 4 unspecified atom stereocenters. The molecule has 2 N–H and O–H groups in total. The highest BCUT2D eigenvalue weighted by molar-refractivity contribution is 7.90. The van der Waals surface area contributed by atoms with Gasteiger partial charge in [-0.2, -0.15) is 8.42 Å². The summed E-state index contributed by atoms with van der Waals surface area (Å²) in [6, 6.07) is 0. The molecule has 0 aliphatic carbocycles. The molecule has 2 aliphatic rings. The third-order valence-corrected chi connectivity index (χ3v) is 18.5. The topological polar surface area (TPSA) is 128 Å². The van der Waals surface area contributed by atoms with E-state index in [1.165, 1.54) is 0 Å². The van der Waals surface area contributed by atoms with Crippen LogP contribution in [0.4, 0.5) is 0 Å². The Morgan fingerprint density at radius 1 is 1.11 bits per heavy atom. The Morgan fingerprint density at radius 2 is 1.70 bits per heavy atom. The maximum absolute atomic E-state index is 12.8. The van der Waals surface area contributed by atoms with Gasteiger partial charge in [0.2, 0.25) is 0 Å². The molecule has 1 saturated heterocycles. The minimum Gasteiger partial charge on any atom is -0.414 e. The van der Waals surface area contributed by atoms with E-state index in [-0.39, 0.29) is 22.4 Å². The maximum atomic E-state index is 12.8. The molecule has 10 nitrogen and oxygen atoms in total. The van der Waals surface area contributed by atoms with Crippen LogP contribution in [0.3, 0.4) is 0 Å². The van der Waals surface area contributed by atoms with Crippen LogP contribution in [-0.2, 0) is 34.3 Å². The number of hydrogen-bond acceptors (Lipinski definition) is 9. The van der Waals surface area contributed by atoms with Gasteiger partial charge >= 0.3 is 0 Å². The van der Waals surface area contributed by atoms with Crippen LogP contribution in [-0.4, -0.2) is 64.5 Å². The first kappa shape index (κ1) is 30.4. The molecule has 13 heteroatoms. The smallest absolute Gasteiger partial charge is 0.292 e. The molecule has 3 rings (SSSR count). The summed E-state index contributed by atoms with van der Waals surface area (Å²) in [6.45, 7) is 23.5. The largest absolute Gasteiger partial charge is 0.414 e. The molecule has 0 aromatic carbocycles. The zero-order valence-electron chi connectivity index (χ0n) is 24.3. The molecule has 0 saturated carbocycles. The van der Waals surface area contributed by atoms with Gasteiger partial charge in [0.1, 0.15) is 12.2 Å². The van der Waals surface area contributed by atoms with Gasteiger partial charge < -0.3 is 19.3 Å². The number of nitrogens with two attached hydrogens (primary N) is 1. The molecule has 2 aliphatic heterocycles. The van der Waals surface area contributed by atoms with Crippen LogP contribution in [0.2, 0.25) is 36.3 Å². The zero-order chi connectivity index (χ0) is 28.2. The fraction of sp³-hybridized carbons (Fsp3) is 0.833. The number of nitrogens with zero attached hydrogens (tertiary/aromatic N) is 3. The quantitative estimate of drug-likeness (QED) is 0.354. The van der Waals surface area contributed by atoms with E-state index in [9.17, 15) is 8.42 Å². The summed E-state index contributed by atoms with van der Waals surface area (Å²) >= 11 is 0. The molecule has 0 bridgehead atoms. The van der Waals surface area contributed by atoms with Gasteiger partial charge in [0.25, 0.3) is 10.1 Å². The van der Waals surface area contributed by atoms with Crippen molar-refractivity contribution in [3.05, 3.63) is 23.0 Å². The van der Waals surface area contributed by atoms with Gasteiger partial charge in [-0.1, -0.05) is 60.1 Å². The van der Waals surface area contributed by atoms with E-state index in [0.29, 0.717) is 0 Å². The lowest BCUT2D eigenvalue weighted by Crippen LogP contribution is -2.59. The van der Waals surface area contributed by atoms with E-state index in [1.807, 2.05) is 0 Å². The summed E-state index contributed by atoms with van der Waals surface area (Å²) in [7, 11) is -8.76. The molecule has 1 spiro atoms. The molecule has 4 atom stereocenters. The van der Waals surface area contributed by atoms with Crippen molar-refractivity contribution < 1.29 is 26.2 Å². The summed E-state index contributed by atoms with van der Waals surface area (Å²) < 4.78 is 53.3. The van der Waals surface area contributed by atoms with Gasteiger partial charge in [-0.05, 0) is 42.7 Å². The second-order valence-electron chi connectivity index (χ2n) is 13.2. The first-order valence-electron chi connectivity index (χ1n) is 13.0. The van der Waals surface area contributed by atoms with Crippen LogP contribution in [0.15, 0.2) is 17.3 Å². The summed E-state index contributed by atoms with van der Waals surface area (Å²) in [5, 5.41) is 9.22. The molecule has 0 radical (unpaired) electrons. The predicted molar refractivity (Wildman–Crippen MR) is 148 cm³/mol. The van der Waals surface area contributed by atoms with Gasteiger partial charge in [-0.3, -0.25) is 0 Å². The average Bonchev–Trinajstić information content (AvgIpc) is 3.34. The fourth-order valence-corrected chi connectivity index (χ4v) is 7.61. The van der Waals surface area contributed by atoms with Crippen LogP contribution in [0.5, 0.6) is 0 Å². The number of hydrogen-bond donors (Lipinski definition) is 1. The van der Waals surface area contributed by atoms with E-state index >= 15 is 0 Å². The van der Waals surface area contributed by atoms with Crippen molar-refractivity contribution in [3.8, 4) is 0 Å². The van der Waals surface area contributed by atoms with Gasteiger partial charge in [0.05, 0.1) is 29.6 Å². The van der Waals surface area contributed by atoms with Crippen molar-refractivity contribution in [2.24, 2.45) is 5.73 Å². The van der Waals surface area contributed by atoms with Crippen molar-refractivity contribution in [3.63, 3.8) is 0 Å². The Morgan fingerprint density at radius 3 is 2.19 bits per heavy atom. The maximum Gasteiger partial charge on any atom is 0.292 e. The van der Waals surface area contributed by atoms with E-state index in [2.05, 4.69) is 85.0 Å². The molecule has 0 amide bonds. The Labute approximate surface area is 224 Å². The lowest BCUT2D eigenvalue weighted by atomic mass is 9.89. The average molecular weight is 575 g/mol. The standard InChI is InChI=1S/C24H46N4O6SSi2/c1-12-13-17-14-26-27-28(17)21-20(33-37(10,11)23(5,6)7)24(18(25)16-35(29,30)34-24)19(32-21)15-31-36(8,9)22(2,3)4/h14,16,19-21H,12-13,15,25H2,1-11H3. The monoisotopic (exact) mass is 574 g/mol. The summed E-state index contributed by atoms with van der Waals surface area (Å²) in [5.41, 5.74) is 5.85.